The number of aromatic amines is 1. The van der Waals surface area contributed by atoms with Crippen molar-refractivity contribution in [3.05, 3.63) is 92.9 Å². The molecule has 2 heterocycles. The zero-order chi connectivity index (χ0) is 24.9. The molecule has 0 bridgehead atoms. The van der Waals surface area contributed by atoms with E-state index < -0.39 is 11.5 Å². The quantitative estimate of drug-likeness (QED) is 0.522. The fraction of sp³-hybridized carbons (Fsp3) is 0.259. The van der Waals surface area contributed by atoms with Crippen LogP contribution in [-0.2, 0) is 20.7 Å². The van der Waals surface area contributed by atoms with Gasteiger partial charge in [0, 0.05) is 22.8 Å². The van der Waals surface area contributed by atoms with Gasteiger partial charge >= 0.3 is 5.97 Å². The third-order valence-corrected chi connectivity index (χ3v) is 7.28. The third-order valence-electron chi connectivity index (χ3n) is 6.14. The van der Waals surface area contributed by atoms with Crippen LogP contribution < -0.4 is 10.5 Å². The van der Waals surface area contributed by atoms with E-state index in [0.29, 0.717) is 23.4 Å². The van der Waals surface area contributed by atoms with Crippen molar-refractivity contribution in [1.29, 1.82) is 5.26 Å². The number of fused-ring (bicyclic) bond motifs is 1. The molecule has 1 aliphatic heterocycles. The summed E-state index contributed by atoms with van der Waals surface area (Å²) in [4.78, 5) is 43.1. The lowest BCUT2D eigenvalue weighted by atomic mass is 9.99. The zero-order valence-corrected chi connectivity index (χ0v) is 20.4. The van der Waals surface area contributed by atoms with E-state index >= 15 is 0 Å². The Bertz CT molecular complexity index is 1360. The SMILES string of the molecule is Cc1[nH]c(=O)c(C#N)c(C)c1CCC(=O)OCC(=O)N1c2ccccc2SCC1c1ccccc1. The molecule has 7 nitrogen and oxygen atoms in total. The Balaban J connectivity index is 1.46. The van der Waals surface area contributed by atoms with Crippen LogP contribution in [0.5, 0.6) is 0 Å². The van der Waals surface area contributed by atoms with E-state index in [-0.39, 0.29) is 30.5 Å². The lowest BCUT2D eigenvalue weighted by Crippen LogP contribution is -2.41. The fourth-order valence-corrected chi connectivity index (χ4v) is 5.52. The van der Waals surface area contributed by atoms with Gasteiger partial charge in [-0.2, -0.15) is 5.26 Å². The summed E-state index contributed by atoms with van der Waals surface area (Å²) >= 11 is 1.70. The van der Waals surface area contributed by atoms with Crippen LogP contribution in [0.2, 0.25) is 0 Å². The number of H-pyrrole nitrogens is 1. The molecule has 1 aliphatic rings. The maximum atomic E-state index is 13.3. The highest BCUT2D eigenvalue weighted by Gasteiger charge is 2.32. The zero-order valence-electron chi connectivity index (χ0n) is 19.5. The second-order valence-corrected chi connectivity index (χ2v) is 9.36. The number of ether oxygens (including phenoxy) is 1. The number of nitriles is 1. The van der Waals surface area contributed by atoms with Crippen LogP contribution in [-0.4, -0.2) is 29.2 Å². The molecular formula is C27H25N3O4S. The predicted octanol–water partition coefficient (Wildman–Crippen LogP) is 4.22. The van der Waals surface area contributed by atoms with E-state index in [2.05, 4.69) is 4.98 Å². The number of nitrogens with zero attached hydrogens (tertiary/aromatic N) is 2. The van der Waals surface area contributed by atoms with E-state index in [4.69, 9.17) is 4.74 Å². The number of rotatable bonds is 6. The minimum atomic E-state index is -0.516. The van der Waals surface area contributed by atoms with Crippen molar-refractivity contribution in [2.45, 2.75) is 37.6 Å². The van der Waals surface area contributed by atoms with Crippen molar-refractivity contribution in [3.8, 4) is 6.07 Å². The molecule has 1 unspecified atom stereocenters. The van der Waals surface area contributed by atoms with Crippen molar-refractivity contribution in [2.75, 3.05) is 17.3 Å². The number of thioether (sulfide) groups is 1. The van der Waals surface area contributed by atoms with Gasteiger partial charge in [0.05, 0.1) is 11.7 Å². The van der Waals surface area contributed by atoms with Gasteiger partial charge in [0.1, 0.15) is 11.6 Å². The van der Waals surface area contributed by atoms with Gasteiger partial charge < -0.3 is 9.72 Å². The molecule has 3 aromatic rings. The number of carbonyl (C=O) groups excluding carboxylic acids is 2. The third kappa shape index (κ3) is 5.15. The second-order valence-electron chi connectivity index (χ2n) is 8.30. The number of benzene rings is 2. The average molecular weight is 488 g/mol. The van der Waals surface area contributed by atoms with E-state index in [1.807, 2.05) is 60.7 Å². The van der Waals surface area contributed by atoms with Gasteiger partial charge in [-0.05, 0) is 49.1 Å². The molecule has 8 heteroatoms. The highest BCUT2D eigenvalue weighted by atomic mass is 32.2. The number of anilines is 1. The van der Waals surface area contributed by atoms with E-state index in [0.717, 1.165) is 21.7 Å². The molecule has 0 saturated heterocycles. The normalized spacial score (nSPS) is 14.7. The minimum absolute atomic E-state index is 0.0282. The molecule has 1 amide bonds. The minimum Gasteiger partial charge on any atom is -0.456 e. The Morgan fingerprint density at radius 1 is 1.14 bits per heavy atom. The second kappa shape index (κ2) is 10.6. The predicted molar refractivity (Wildman–Crippen MR) is 134 cm³/mol. The number of esters is 1. The number of hydrogen-bond acceptors (Lipinski definition) is 6. The van der Waals surface area contributed by atoms with E-state index in [1.54, 1.807) is 30.5 Å². The number of amides is 1. The lowest BCUT2D eigenvalue weighted by molar-refractivity contribution is -0.147. The molecule has 0 fully saturated rings. The Kier molecular flexibility index (Phi) is 7.37. The molecule has 0 spiro atoms. The fourth-order valence-electron chi connectivity index (χ4n) is 4.35. The van der Waals surface area contributed by atoms with Gasteiger partial charge in [0.25, 0.3) is 11.5 Å². The largest absolute Gasteiger partial charge is 0.456 e. The van der Waals surface area contributed by atoms with E-state index in [1.165, 1.54) is 0 Å². The average Bonchev–Trinajstić information content (AvgIpc) is 2.87. The van der Waals surface area contributed by atoms with Gasteiger partial charge in [0.15, 0.2) is 6.61 Å². The van der Waals surface area contributed by atoms with Crippen molar-refractivity contribution in [2.24, 2.45) is 0 Å². The van der Waals surface area contributed by atoms with Crippen LogP contribution >= 0.6 is 11.8 Å². The van der Waals surface area contributed by atoms with Crippen LogP contribution in [0.25, 0.3) is 0 Å². The summed E-state index contributed by atoms with van der Waals surface area (Å²) in [6.07, 6.45) is 0.326. The summed E-state index contributed by atoms with van der Waals surface area (Å²) in [5.41, 5.74) is 3.34. The van der Waals surface area contributed by atoms with Crippen LogP contribution in [0.3, 0.4) is 0 Å². The summed E-state index contributed by atoms with van der Waals surface area (Å²) in [6.45, 7) is 3.06. The van der Waals surface area contributed by atoms with Gasteiger partial charge in [-0.1, -0.05) is 42.5 Å². The van der Waals surface area contributed by atoms with Crippen molar-refractivity contribution >= 4 is 29.3 Å². The highest BCUT2D eigenvalue weighted by Crippen LogP contribution is 2.43. The summed E-state index contributed by atoms with van der Waals surface area (Å²) in [6, 6.07) is 19.3. The molecule has 0 radical (unpaired) electrons. The van der Waals surface area contributed by atoms with E-state index in [9.17, 15) is 19.6 Å². The van der Waals surface area contributed by atoms with Gasteiger partial charge in [-0.15, -0.1) is 11.8 Å². The first-order valence-corrected chi connectivity index (χ1v) is 12.3. The number of aryl methyl sites for hydroxylation is 1. The van der Waals surface area contributed by atoms with Crippen LogP contribution in [0.1, 0.15) is 40.4 Å². The molecule has 0 saturated carbocycles. The first-order valence-electron chi connectivity index (χ1n) is 11.3. The molecule has 1 atom stereocenters. The number of aromatic nitrogens is 1. The van der Waals surface area contributed by atoms with Gasteiger partial charge in [0.2, 0.25) is 0 Å². The molecule has 1 aromatic heterocycles. The summed E-state index contributed by atoms with van der Waals surface area (Å²) < 4.78 is 5.36. The molecule has 178 valence electrons. The highest BCUT2D eigenvalue weighted by molar-refractivity contribution is 7.99. The van der Waals surface area contributed by atoms with Crippen molar-refractivity contribution in [3.63, 3.8) is 0 Å². The number of para-hydroxylation sites is 1. The Morgan fingerprint density at radius 3 is 2.60 bits per heavy atom. The Hall–Kier alpha value is -3.83. The summed E-state index contributed by atoms with van der Waals surface area (Å²) in [5.74, 6) is -0.104. The Labute approximate surface area is 207 Å². The molecule has 0 aliphatic carbocycles. The van der Waals surface area contributed by atoms with Gasteiger partial charge in [-0.3, -0.25) is 19.3 Å². The van der Waals surface area contributed by atoms with Crippen LogP contribution in [0.15, 0.2) is 64.3 Å². The summed E-state index contributed by atoms with van der Waals surface area (Å²) in [7, 11) is 0. The number of carbonyl (C=O) groups is 2. The number of pyridine rings is 1. The van der Waals surface area contributed by atoms with Crippen molar-refractivity contribution < 1.29 is 14.3 Å². The smallest absolute Gasteiger partial charge is 0.306 e. The molecule has 35 heavy (non-hydrogen) atoms. The number of hydrogen-bond donors (Lipinski definition) is 1. The monoisotopic (exact) mass is 487 g/mol. The number of nitrogens with one attached hydrogen (secondary N) is 1. The van der Waals surface area contributed by atoms with Crippen molar-refractivity contribution in [1.82, 2.24) is 4.98 Å². The molecular weight excluding hydrogens is 462 g/mol. The van der Waals surface area contributed by atoms with Gasteiger partial charge in [-0.25, -0.2) is 0 Å². The molecule has 1 N–H and O–H groups in total. The van der Waals surface area contributed by atoms with Crippen LogP contribution in [0.4, 0.5) is 5.69 Å². The molecule has 2 aromatic carbocycles. The standard InChI is InChI=1S/C27H25N3O4S/c1-17-20(18(2)29-27(33)21(17)14-28)12-13-26(32)34-15-25(31)30-22-10-6-7-11-24(22)35-16-23(30)19-8-4-3-5-9-19/h3-11,23H,12-13,15-16H2,1-2H3,(H,29,33). The van der Waals surface area contributed by atoms with Crippen LogP contribution in [0, 0.1) is 25.2 Å². The summed E-state index contributed by atoms with van der Waals surface area (Å²) in [5, 5.41) is 9.23. The topological polar surface area (TPSA) is 103 Å². The first-order chi connectivity index (χ1) is 16.9. The first kappa shape index (κ1) is 24.3. The Morgan fingerprint density at radius 2 is 1.86 bits per heavy atom. The molecule has 4 rings (SSSR count). The maximum absolute atomic E-state index is 13.3. The lowest BCUT2D eigenvalue weighted by Gasteiger charge is -2.37. The maximum Gasteiger partial charge on any atom is 0.306 e.